The van der Waals surface area contributed by atoms with Crippen LogP contribution in [-0.4, -0.2) is 59.0 Å². The Morgan fingerprint density at radius 1 is 1.10 bits per heavy atom. The maximum atomic E-state index is 13.0. The fraction of sp³-hybridized carbons (Fsp3) is 0.381. The molecule has 168 valence electrons. The minimum absolute atomic E-state index is 0.120. The van der Waals surface area contributed by atoms with Crippen LogP contribution in [-0.2, 0) is 14.8 Å². The van der Waals surface area contributed by atoms with Crippen molar-refractivity contribution in [2.24, 2.45) is 0 Å². The number of nitrogens with zero attached hydrogens (tertiary/aromatic N) is 1. The Morgan fingerprint density at radius 3 is 2.42 bits per heavy atom. The standard InChI is InChI=1S/C21H26N2O7S/c1-3-29-19-14-18(23-8-10-28-11-9-23)20(30-4-2)13-17(19)22-31(26,27)16-7-5-6-15(12-16)21(24)25/h5-7,12-14,22H,3-4,8-11H2,1-2H3,(H,24,25). The first kappa shape index (κ1) is 22.7. The molecule has 10 heteroatoms. The van der Waals surface area contributed by atoms with E-state index in [1.54, 1.807) is 19.1 Å². The number of hydrogen-bond acceptors (Lipinski definition) is 7. The molecule has 1 saturated heterocycles. The van der Waals surface area contributed by atoms with Gasteiger partial charge >= 0.3 is 5.97 Å². The second kappa shape index (κ2) is 9.88. The van der Waals surface area contributed by atoms with Crippen molar-refractivity contribution in [2.75, 3.05) is 49.1 Å². The Balaban J connectivity index is 2.01. The number of aromatic carboxylic acids is 1. The number of rotatable bonds is 9. The SMILES string of the molecule is CCOc1cc(N2CCOCC2)c(OCC)cc1NS(=O)(=O)c1cccc(C(=O)O)c1. The first-order chi connectivity index (χ1) is 14.9. The lowest BCUT2D eigenvalue weighted by Crippen LogP contribution is -2.36. The Morgan fingerprint density at radius 2 is 1.77 bits per heavy atom. The first-order valence-electron chi connectivity index (χ1n) is 9.98. The topological polar surface area (TPSA) is 114 Å². The minimum Gasteiger partial charge on any atom is -0.492 e. The summed E-state index contributed by atoms with van der Waals surface area (Å²) in [6.07, 6.45) is 0. The number of nitrogens with one attached hydrogen (secondary N) is 1. The number of sulfonamides is 1. The lowest BCUT2D eigenvalue weighted by Gasteiger charge is -2.31. The molecule has 1 heterocycles. The molecule has 9 nitrogen and oxygen atoms in total. The molecule has 0 radical (unpaired) electrons. The smallest absolute Gasteiger partial charge is 0.335 e. The average Bonchev–Trinajstić information content (AvgIpc) is 2.76. The highest BCUT2D eigenvalue weighted by Gasteiger charge is 2.23. The summed E-state index contributed by atoms with van der Waals surface area (Å²) in [4.78, 5) is 13.2. The molecule has 0 unspecified atom stereocenters. The third-order valence-corrected chi connectivity index (χ3v) is 6.01. The predicted octanol–water partition coefficient (Wildman–Crippen LogP) is 2.82. The number of benzene rings is 2. The molecule has 31 heavy (non-hydrogen) atoms. The zero-order valence-electron chi connectivity index (χ0n) is 17.5. The summed E-state index contributed by atoms with van der Waals surface area (Å²) in [7, 11) is -4.06. The number of ether oxygens (including phenoxy) is 3. The number of anilines is 2. The lowest BCUT2D eigenvalue weighted by molar-refractivity contribution is 0.0696. The van der Waals surface area contributed by atoms with Crippen molar-refractivity contribution in [1.29, 1.82) is 0 Å². The largest absolute Gasteiger partial charge is 0.492 e. The Bertz CT molecular complexity index is 1030. The van der Waals surface area contributed by atoms with E-state index in [0.29, 0.717) is 51.0 Å². The van der Waals surface area contributed by atoms with Crippen LogP contribution in [0.25, 0.3) is 0 Å². The Kier molecular flexibility index (Phi) is 7.24. The molecular formula is C21H26N2O7S. The van der Waals surface area contributed by atoms with E-state index >= 15 is 0 Å². The van der Waals surface area contributed by atoms with Gasteiger partial charge < -0.3 is 24.2 Å². The van der Waals surface area contributed by atoms with Gasteiger partial charge in [-0.2, -0.15) is 0 Å². The molecule has 1 fully saturated rings. The maximum Gasteiger partial charge on any atom is 0.335 e. The molecule has 0 aliphatic carbocycles. The molecule has 3 rings (SSSR count). The van der Waals surface area contributed by atoms with Crippen molar-refractivity contribution in [3.8, 4) is 11.5 Å². The molecule has 0 spiro atoms. The van der Waals surface area contributed by atoms with E-state index in [1.807, 2.05) is 6.92 Å². The summed E-state index contributed by atoms with van der Waals surface area (Å²) >= 11 is 0. The van der Waals surface area contributed by atoms with E-state index in [-0.39, 0.29) is 16.1 Å². The van der Waals surface area contributed by atoms with Gasteiger partial charge in [0.2, 0.25) is 0 Å². The summed E-state index contributed by atoms with van der Waals surface area (Å²) in [6.45, 7) is 6.92. The number of carboxylic acids is 1. The molecule has 0 saturated carbocycles. The van der Waals surface area contributed by atoms with Crippen LogP contribution >= 0.6 is 0 Å². The van der Waals surface area contributed by atoms with Crippen LogP contribution in [0.1, 0.15) is 24.2 Å². The number of carboxylic acid groups (broad SMARTS) is 1. The van der Waals surface area contributed by atoms with Gasteiger partial charge in [-0.15, -0.1) is 0 Å². The van der Waals surface area contributed by atoms with Crippen molar-refractivity contribution in [1.82, 2.24) is 0 Å². The van der Waals surface area contributed by atoms with Gasteiger partial charge in [-0.25, -0.2) is 13.2 Å². The van der Waals surface area contributed by atoms with Crippen molar-refractivity contribution < 1.29 is 32.5 Å². The molecule has 0 atom stereocenters. The fourth-order valence-corrected chi connectivity index (χ4v) is 4.33. The van der Waals surface area contributed by atoms with Crippen LogP contribution in [0.4, 0.5) is 11.4 Å². The second-order valence-electron chi connectivity index (χ2n) is 6.72. The maximum absolute atomic E-state index is 13.0. The highest BCUT2D eigenvalue weighted by atomic mass is 32.2. The van der Waals surface area contributed by atoms with E-state index in [4.69, 9.17) is 19.3 Å². The molecule has 1 aliphatic rings. The normalized spacial score (nSPS) is 14.2. The summed E-state index contributed by atoms with van der Waals surface area (Å²) in [5.74, 6) is -0.337. The van der Waals surface area contributed by atoms with Gasteiger partial charge in [0, 0.05) is 25.2 Å². The molecule has 0 bridgehead atoms. The van der Waals surface area contributed by atoms with Crippen LogP contribution < -0.4 is 19.1 Å². The van der Waals surface area contributed by atoms with Gasteiger partial charge in [0.1, 0.15) is 11.5 Å². The molecule has 2 aromatic carbocycles. The zero-order chi connectivity index (χ0) is 22.4. The van der Waals surface area contributed by atoms with Crippen molar-refractivity contribution in [3.63, 3.8) is 0 Å². The van der Waals surface area contributed by atoms with E-state index in [9.17, 15) is 13.2 Å². The van der Waals surface area contributed by atoms with Crippen LogP contribution in [0.3, 0.4) is 0 Å². The number of hydrogen-bond donors (Lipinski definition) is 2. The fourth-order valence-electron chi connectivity index (χ4n) is 3.23. The predicted molar refractivity (Wildman–Crippen MR) is 116 cm³/mol. The van der Waals surface area contributed by atoms with Crippen LogP contribution in [0.5, 0.6) is 11.5 Å². The van der Waals surface area contributed by atoms with Crippen molar-refractivity contribution in [3.05, 3.63) is 42.0 Å². The van der Waals surface area contributed by atoms with Gasteiger partial charge in [0.25, 0.3) is 10.0 Å². The zero-order valence-corrected chi connectivity index (χ0v) is 18.3. The molecular weight excluding hydrogens is 424 g/mol. The highest BCUT2D eigenvalue weighted by molar-refractivity contribution is 7.92. The summed E-state index contributed by atoms with van der Waals surface area (Å²) < 4.78 is 45.3. The van der Waals surface area contributed by atoms with E-state index in [1.165, 1.54) is 18.2 Å². The van der Waals surface area contributed by atoms with Gasteiger partial charge in [-0.05, 0) is 32.0 Å². The Labute approximate surface area is 181 Å². The van der Waals surface area contributed by atoms with Gasteiger partial charge in [0.15, 0.2) is 0 Å². The van der Waals surface area contributed by atoms with E-state index in [0.717, 1.165) is 11.8 Å². The molecule has 0 aromatic heterocycles. The van der Waals surface area contributed by atoms with Gasteiger partial charge in [-0.3, -0.25) is 4.72 Å². The molecule has 2 aromatic rings. The van der Waals surface area contributed by atoms with E-state index < -0.39 is 16.0 Å². The summed E-state index contributed by atoms with van der Waals surface area (Å²) in [6, 6.07) is 8.51. The monoisotopic (exact) mass is 450 g/mol. The van der Waals surface area contributed by atoms with E-state index in [2.05, 4.69) is 9.62 Å². The van der Waals surface area contributed by atoms with Gasteiger partial charge in [0.05, 0.1) is 48.3 Å². The third-order valence-electron chi connectivity index (χ3n) is 4.65. The quantitative estimate of drug-likeness (QED) is 0.599. The van der Waals surface area contributed by atoms with Gasteiger partial charge in [-0.1, -0.05) is 6.07 Å². The Hall–Kier alpha value is -2.98. The van der Waals surface area contributed by atoms with Crippen molar-refractivity contribution in [2.45, 2.75) is 18.7 Å². The molecule has 1 aliphatic heterocycles. The molecule has 0 amide bonds. The highest BCUT2D eigenvalue weighted by Crippen LogP contribution is 2.40. The lowest BCUT2D eigenvalue weighted by atomic mass is 10.2. The molecule has 2 N–H and O–H groups in total. The number of carbonyl (C=O) groups is 1. The minimum atomic E-state index is -4.06. The summed E-state index contributed by atoms with van der Waals surface area (Å²) in [5.41, 5.74) is 0.887. The third kappa shape index (κ3) is 5.39. The second-order valence-corrected chi connectivity index (χ2v) is 8.40. The first-order valence-corrected chi connectivity index (χ1v) is 11.5. The average molecular weight is 451 g/mol. The van der Waals surface area contributed by atoms with Crippen LogP contribution in [0.15, 0.2) is 41.3 Å². The van der Waals surface area contributed by atoms with Crippen LogP contribution in [0.2, 0.25) is 0 Å². The van der Waals surface area contributed by atoms with Crippen molar-refractivity contribution >= 4 is 27.4 Å². The van der Waals surface area contributed by atoms with Crippen LogP contribution in [0, 0.1) is 0 Å². The number of morpholine rings is 1. The summed E-state index contributed by atoms with van der Waals surface area (Å²) in [5, 5.41) is 9.16.